The van der Waals surface area contributed by atoms with E-state index in [0.717, 1.165) is 5.92 Å². The first-order chi connectivity index (χ1) is 12.3. The Morgan fingerprint density at radius 2 is 1.52 bits per heavy atom. The average Bonchev–Trinajstić information content (AvgIpc) is 3.03. The van der Waals surface area contributed by atoms with E-state index in [1.807, 2.05) is 0 Å². The maximum absolute atomic E-state index is 3.63. The van der Waals surface area contributed by atoms with Gasteiger partial charge >= 0.3 is 0 Å². The van der Waals surface area contributed by atoms with Gasteiger partial charge in [0.25, 0.3) is 0 Å². The van der Waals surface area contributed by atoms with Crippen LogP contribution in [0.2, 0.25) is 0 Å². The second-order valence-electron chi connectivity index (χ2n) is 7.76. The van der Waals surface area contributed by atoms with Crippen LogP contribution >= 0.6 is 0 Å². The van der Waals surface area contributed by atoms with Gasteiger partial charge in [-0.25, -0.2) is 0 Å². The fourth-order valence-electron chi connectivity index (χ4n) is 3.94. The fraction of sp³-hybridized carbons (Fsp3) is 0.667. The predicted octanol–water partition coefficient (Wildman–Crippen LogP) is 8.14. The fourth-order valence-corrected chi connectivity index (χ4v) is 3.94. The standard InChI is InChI=1S/C24H39N/c1-4-7-9-11-13-15-23-19-22-18-21(16-17-24(22)25-23)20(6-3)14-12-10-8-5-2/h16-20,25H,4-15H2,1-3H3. The van der Waals surface area contributed by atoms with Crippen LogP contribution in [0.5, 0.6) is 0 Å². The van der Waals surface area contributed by atoms with Gasteiger partial charge in [-0.1, -0.05) is 78.2 Å². The van der Waals surface area contributed by atoms with Crippen molar-refractivity contribution in [1.29, 1.82) is 0 Å². The van der Waals surface area contributed by atoms with Crippen molar-refractivity contribution < 1.29 is 0 Å². The molecule has 1 heteroatoms. The van der Waals surface area contributed by atoms with Crippen LogP contribution in [0, 0.1) is 0 Å². The first kappa shape index (κ1) is 20.1. The van der Waals surface area contributed by atoms with Crippen molar-refractivity contribution in [2.45, 2.75) is 104 Å². The lowest BCUT2D eigenvalue weighted by atomic mass is 9.90. The molecule has 1 aromatic heterocycles. The Kier molecular flexibility index (Phi) is 9.15. The van der Waals surface area contributed by atoms with E-state index in [1.165, 1.54) is 93.6 Å². The Morgan fingerprint density at radius 3 is 2.24 bits per heavy atom. The lowest BCUT2D eigenvalue weighted by molar-refractivity contribution is 0.543. The van der Waals surface area contributed by atoms with Gasteiger partial charge in [-0.15, -0.1) is 0 Å². The summed E-state index contributed by atoms with van der Waals surface area (Å²) in [6, 6.07) is 9.50. The van der Waals surface area contributed by atoms with Crippen LogP contribution in [-0.4, -0.2) is 4.98 Å². The predicted molar refractivity (Wildman–Crippen MR) is 113 cm³/mol. The second kappa shape index (κ2) is 11.4. The molecule has 0 amide bonds. The lowest BCUT2D eigenvalue weighted by Crippen LogP contribution is -1.97. The molecule has 0 spiro atoms. The summed E-state index contributed by atoms with van der Waals surface area (Å²) in [6.07, 6.45) is 16.0. The van der Waals surface area contributed by atoms with E-state index in [0.29, 0.717) is 0 Å². The Labute approximate surface area is 155 Å². The third-order valence-corrected chi connectivity index (χ3v) is 5.62. The molecule has 1 aromatic carbocycles. The highest BCUT2D eigenvalue weighted by atomic mass is 14.7. The molecule has 0 fully saturated rings. The van der Waals surface area contributed by atoms with E-state index >= 15 is 0 Å². The van der Waals surface area contributed by atoms with Gasteiger partial charge in [0.15, 0.2) is 0 Å². The van der Waals surface area contributed by atoms with Gasteiger partial charge in [0.2, 0.25) is 0 Å². The number of benzene rings is 1. The molecule has 0 saturated carbocycles. The summed E-state index contributed by atoms with van der Waals surface area (Å²) in [5, 5.41) is 1.41. The van der Waals surface area contributed by atoms with Gasteiger partial charge in [-0.05, 0) is 60.7 Å². The molecule has 1 heterocycles. The van der Waals surface area contributed by atoms with E-state index in [1.54, 1.807) is 5.56 Å². The summed E-state index contributed by atoms with van der Waals surface area (Å²) >= 11 is 0. The second-order valence-corrected chi connectivity index (χ2v) is 7.76. The third-order valence-electron chi connectivity index (χ3n) is 5.62. The monoisotopic (exact) mass is 341 g/mol. The summed E-state index contributed by atoms with van der Waals surface area (Å²) in [5.41, 5.74) is 4.27. The van der Waals surface area contributed by atoms with Crippen LogP contribution in [0.1, 0.15) is 109 Å². The molecule has 0 aliphatic carbocycles. The largest absolute Gasteiger partial charge is 0.358 e. The van der Waals surface area contributed by atoms with E-state index in [2.05, 4.69) is 50.0 Å². The number of unbranched alkanes of at least 4 members (excludes halogenated alkanes) is 7. The van der Waals surface area contributed by atoms with Crippen molar-refractivity contribution >= 4 is 10.9 Å². The molecule has 0 radical (unpaired) electrons. The molecule has 1 atom stereocenters. The molecule has 1 N–H and O–H groups in total. The number of aromatic amines is 1. The van der Waals surface area contributed by atoms with Gasteiger partial charge in [-0.2, -0.15) is 0 Å². The maximum atomic E-state index is 3.63. The smallest absolute Gasteiger partial charge is 0.0456 e. The molecule has 1 nitrogen and oxygen atoms in total. The first-order valence-electron chi connectivity index (χ1n) is 10.9. The quantitative estimate of drug-likeness (QED) is 0.354. The minimum Gasteiger partial charge on any atom is -0.358 e. The van der Waals surface area contributed by atoms with Gasteiger partial charge in [-0.3, -0.25) is 0 Å². The van der Waals surface area contributed by atoms with Crippen molar-refractivity contribution in [3.05, 3.63) is 35.5 Å². The van der Waals surface area contributed by atoms with E-state index in [4.69, 9.17) is 0 Å². The van der Waals surface area contributed by atoms with Crippen molar-refractivity contribution in [2.75, 3.05) is 0 Å². The van der Waals surface area contributed by atoms with Crippen LogP contribution < -0.4 is 0 Å². The Morgan fingerprint density at radius 1 is 0.800 bits per heavy atom. The average molecular weight is 342 g/mol. The molecule has 0 bridgehead atoms. The van der Waals surface area contributed by atoms with E-state index < -0.39 is 0 Å². The number of fused-ring (bicyclic) bond motifs is 1. The van der Waals surface area contributed by atoms with Gasteiger partial charge in [0.1, 0.15) is 0 Å². The zero-order chi connectivity index (χ0) is 17.9. The Bertz CT molecular complexity index is 595. The topological polar surface area (TPSA) is 15.8 Å². The summed E-state index contributed by atoms with van der Waals surface area (Å²) in [7, 11) is 0. The van der Waals surface area contributed by atoms with Crippen molar-refractivity contribution in [3.63, 3.8) is 0 Å². The highest BCUT2D eigenvalue weighted by Gasteiger charge is 2.11. The summed E-state index contributed by atoms with van der Waals surface area (Å²) < 4.78 is 0. The number of rotatable bonds is 13. The highest BCUT2D eigenvalue weighted by Crippen LogP contribution is 2.29. The Balaban J connectivity index is 1.93. The molecule has 1 unspecified atom stereocenters. The highest BCUT2D eigenvalue weighted by molar-refractivity contribution is 5.81. The van der Waals surface area contributed by atoms with Crippen LogP contribution in [-0.2, 0) is 6.42 Å². The molecule has 0 aliphatic heterocycles. The normalized spacial score (nSPS) is 12.8. The van der Waals surface area contributed by atoms with Gasteiger partial charge in [0.05, 0.1) is 0 Å². The van der Waals surface area contributed by atoms with Crippen molar-refractivity contribution in [3.8, 4) is 0 Å². The maximum Gasteiger partial charge on any atom is 0.0456 e. The lowest BCUT2D eigenvalue weighted by Gasteiger charge is -2.15. The number of aryl methyl sites for hydroxylation is 1. The minimum absolute atomic E-state index is 0.730. The summed E-state index contributed by atoms with van der Waals surface area (Å²) in [6.45, 7) is 6.91. The Hall–Kier alpha value is -1.24. The van der Waals surface area contributed by atoms with Gasteiger partial charge < -0.3 is 4.98 Å². The molecule has 140 valence electrons. The zero-order valence-corrected chi connectivity index (χ0v) is 16.9. The summed E-state index contributed by atoms with van der Waals surface area (Å²) in [4.78, 5) is 3.63. The van der Waals surface area contributed by atoms with Crippen molar-refractivity contribution in [2.24, 2.45) is 0 Å². The molecular weight excluding hydrogens is 302 g/mol. The van der Waals surface area contributed by atoms with Crippen molar-refractivity contribution in [1.82, 2.24) is 4.98 Å². The van der Waals surface area contributed by atoms with E-state index in [9.17, 15) is 0 Å². The molecule has 2 rings (SSSR count). The van der Waals surface area contributed by atoms with Crippen LogP contribution in [0.15, 0.2) is 24.3 Å². The number of H-pyrrole nitrogens is 1. The molecule has 0 saturated heterocycles. The van der Waals surface area contributed by atoms with Crippen LogP contribution in [0.25, 0.3) is 10.9 Å². The van der Waals surface area contributed by atoms with Crippen LogP contribution in [0.3, 0.4) is 0 Å². The molecule has 2 aromatic rings. The number of hydrogen-bond donors (Lipinski definition) is 1. The van der Waals surface area contributed by atoms with Crippen LogP contribution in [0.4, 0.5) is 0 Å². The summed E-state index contributed by atoms with van der Waals surface area (Å²) in [5.74, 6) is 0.730. The molecule has 0 aliphatic rings. The number of hydrogen-bond acceptors (Lipinski definition) is 0. The third kappa shape index (κ3) is 6.53. The van der Waals surface area contributed by atoms with E-state index in [-0.39, 0.29) is 0 Å². The number of nitrogens with one attached hydrogen (secondary N) is 1. The van der Waals surface area contributed by atoms with Gasteiger partial charge in [0, 0.05) is 11.2 Å². The molecular formula is C24H39N. The minimum atomic E-state index is 0.730. The first-order valence-corrected chi connectivity index (χ1v) is 10.9. The zero-order valence-electron chi connectivity index (χ0n) is 16.9. The number of aromatic nitrogens is 1. The molecule has 25 heavy (non-hydrogen) atoms. The SMILES string of the molecule is CCCCCCCc1cc2cc(C(CC)CCCCCC)ccc2[nH]1.